The Morgan fingerprint density at radius 3 is 2.14 bits per heavy atom. The molecule has 2 aromatic carbocycles. The van der Waals surface area contributed by atoms with Gasteiger partial charge in [0, 0.05) is 18.7 Å². The fourth-order valence-corrected chi connectivity index (χ4v) is 4.90. The highest BCUT2D eigenvalue weighted by atomic mass is 32.1. The van der Waals surface area contributed by atoms with Crippen LogP contribution in [0.3, 0.4) is 0 Å². The zero-order valence-electron chi connectivity index (χ0n) is 25.2. The molecular formula is C30H37F3N4O5S. The van der Waals surface area contributed by atoms with E-state index in [9.17, 15) is 22.8 Å². The average Bonchev–Trinajstić information content (AvgIpc) is 3.35. The van der Waals surface area contributed by atoms with Crippen LogP contribution in [-0.4, -0.2) is 51.4 Å². The van der Waals surface area contributed by atoms with Crippen molar-refractivity contribution in [3.05, 3.63) is 64.7 Å². The molecule has 0 aliphatic heterocycles. The number of ether oxygens (including phenoxy) is 3. The number of halogens is 3. The van der Waals surface area contributed by atoms with Gasteiger partial charge in [-0.3, -0.25) is 4.90 Å². The lowest BCUT2D eigenvalue weighted by Crippen LogP contribution is -2.40. The molecule has 0 radical (unpaired) electrons. The van der Waals surface area contributed by atoms with Crippen molar-refractivity contribution in [1.29, 1.82) is 0 Å². The van der Waals surface area contributed by atoms with Gasteiger partial charge < -0.3 is 19.5 Å². The van der Waals surface area contributed by atoms with Crippen LogP contribution < -0.4 is 10.1 Å². The molecule has 0 aliphatic carbocycles. The van der Waals surface area contributed by atoms with Crippen LogP contribution in [-0.2, 0) is 22.4 Å². The normalized spacial score (nSPS) is 12.8. The molecule has 13 heteroatoms. The van der Waals surface area contributed by atoms with E-state index >= 15 is 0 Å². The van der Waals surface area contributed by atoms with Gasteiger partial charge in [0.2, 0.25) is 0 Å². The maximum absolute atomic E-state index is 13.2. The van der Waals surface area contributed by atoms with Crippen LogP contribution in [0, 0.1) is 0 Å². The third kappa shape index (κ3) is 11.0. The van der Waals surface area contributed by atoms with Crippen molar-refractivity contribution in [3.8, 4) is 16.3 Å². The second kappa shape index (κ2) is 13.6. The SMILES string of the molecule is CCN(C(=O)OC(C)(C)C)[C@@H](Cc1ccc(CNC(=O)OC(C)(C)C)cc1)c1nnc(-c2cccc(OC(F)(F)F)c2)s1. The Morgan fingerprint density at radius 1 is 0.930 bits per heavy atom. The minimum atomic E-state index is -4.83. The van der Waals surface area contributed by atoms with Crippen LogP contribution in [0.25, 0.3) is 10.6 Å². The number of rotatable bonds is 9. The summed E-state index contributed by atoms with van der Waals surface area (Å²) < 4.78 is 53.2. The number of hydrogen-bond acceptors (Lipinski definition) is 8. The van der Waals surface area contributed by atoms with Crippen LogP contribution in [0.15, 0.2) is 48.5 Å². The molecule has 2 amide bonds. The summed E-state index contributed by atoms with van der Waals surface area (Å²) in [6.45, 7) is 13.1. The molecule has 0 unspecified atom stereocenters. The Kier molecular flexibility index (Phi) is 10.7. The quantitative estimate of drug-likeness (QED) is 0.261. The van der Waals surface area contributed by atoms with Gasteiger partial charge in [0.25, 0.3) is 0 Å². The van der Waals surface area contributed by atoms with Gasteiger partial charge in [-0.1, -0.05) is 47.7 Å². The summed E-state index contributed by atoms with van der Waals surface area (Å²) >= 11 is 1.17. The molecule has 1 heterocycles. The number of likely N-dealkylation sites (N-methyl/N-ethyl adjacent to an activating group) is 1. The third-order valence-corrected chi connectivity index (χ3v) is 6.75. The summed E-state index contributed by atoms with van der Waals surface area (Å²) in [4.78, 5) is 26.8. The van der Waals surface area contributed by atoms with E-state index in [2.05, 4.69) is 20.3 Å². The highest BCUT2D eigenvalue weighted by Crippen LogP contribution is 2.34. The molecule has 0 fully saturated rings. The van der Waals surface area contributed by atoms with Crippen molar-refractivity contribution in [2.24, 2.45) is 0 Å². The number of nitrogens with zero attached hydrogens (tertiary/aromatic N) is 3. The molecule has 1 atom stereocenters. The van der Waals surface area contributed by atoms with E-state index in [4.69, 9.17) is 9.47 Å². The van der Waals surface area contributed by atoms with Gasteiger partial charge in [-0.2, -0.15) is 0 Å². The van der Waals surface area contributed by atoms with Crippen LogP contribution in [0.2, 0.25) is 0 Å². The summed E-state index contributed by atoms with van der Waals surface area (Å²) in [6, 6.07) is 12.4. The van der Waals surface area contributed by atoms with Gasteiger partial charge in [0.1, 0.15) is 27.0 Å². The first-order chi connectivity index (χ1) is 19.9. The Hall–Kier alpha value is -3.87. The molecule has 0 aliphatic rings. The number of alkyl halides is 3. The van der Waals surface area contributed by atoms with Crippen molar-refractivity contribution in [2.45, 2.75) is 85.0 Å². The molecule has 0 bridgehead atoms. The number of benzene rings is 2. The molecule has 9 nitrogen and oxygen atoms in total. The number of nitrogens with one attached hydrogen (secondary N) is 1. The zero-order valence-corrected chi connectivity index (χ0v) is 26.1. The minimum Gasteiger partial charge on any atom is -0.444 e. The third-order valence-electron chi connectivity index (χ3n) is 5.67. The lowest BCUT2D eigenvalue weighted by atomic mass is 10.0. The smallest absolute Gasteiger partial charge is 0.444 e. The molecule has 1 N–H and O–H groups in total. The van der Waals surface area contributed by atoms with Gasteiger partial charge in [-0.25, -0.2) is 9.59 Å². The molecule has 3 rings (SSSR count). The van der Waals surface area contributed by atoms with Crippen molar-refractivity contribution in [2.75, 3.05) is 6.54 Å². The number of amides is 2. The minimum absolute atomic E-state index is 0.272. The number of carbonyl (C=O) groups excluding carboxylic acids is 2. The topological polar surface area (TPSA) is 103 Å². The number of carbonyl (C=O) groups is 2. The number of alkyl carbamates (subject to hydrolysis) is 1. The average molecular weight is 623 g/mol. The van der Waals surface area contributed by atoms with E-state index in [1.807, 2.05) is 31.2 Å². The summed E-state index contributed by atoms with van der Waals surface area (Å²) in [6.07, 6.45) is -5.52. The first kappa shape index (κ1) is 33.6. The highest BCUT2D eigenvalue weighted by molar-refractivity contribution is 7.14. The second-order valence-electron chi connectivity index (χ2n) is 11.7. The lowest BCUT2D eigenvalue weighted by molar-refractivity contribution is -0.274. The van der Waals surface area contributed by atoms with Crippen LogP contribution >= 0.6 is 11.3 Å². The Balaban J connectivity index is 1.86. The lowest BCUT2D eigenvalue weighted by Gasteiger charge is -2.31. The predicted molar refractivity (Wildman–Crippen MR) is 157 cm³/mol. The zero-order chi connectivity index (χ0) is 32.0. The largest absolute Gasteiger partial charge is 0.573 e. The predicted octanol–water partition coefficient (Wildman–Crippen LogP) is 7.67. The molecule has 3 aromatic rings. The van der Waals surface area contributed by atoms with E-state index in [1.54, 1.807) is 52.5 Å². The maximum Gasteiger partial charge on any atom is 0.573 e. The summed E-state index contributed by atoms with van der Waals surface area (Å²) in [5.74, 6) is -0.372. The molecule has 43 heavy (non-hydrogen) atoms. The highest BCUT2D eigenvalue weighted by Gasteiger charge is 2.33. The van der Waals surface area contributed by atoms with Crippen molar-refractivity contribution in [1.82, 2.24) is 20.4 Å². The van der Waals surface area contributed by atoms with Crippen LogP contribution in [0.4, 0.5) is 22.8 Å². The Bertz CT molecular complexity index is 1380. The molecule has 0 spiro atoms. The Labute approximate surface area is 253 Å². The van der Waals surface area contributed by atoms with Crippen molar-refractivity contribution < 1.29 is 37.0 Å². The second-order valence-corrected chi connectivity index (χ2v) is 12.7. The van der Waals surface area contributed by atoms with Gasteiger partial charge in [-0.15, -0.1) is 23.4 Å². The van der Waals surface area contributed by atoms with Crippen LogP contribution in [0.1, 0.15) is 70.6 Å². The van der Waals surface area contributed by atoms with Crippen LogP contribution in [0.5, 0.6) is 5.75 Å². The first-order valence-corrected chi connectivity index (χ1v) is 14.5. The number of aromatic nitrogens is 2. The van der Waals surface area contributed by atoms with E-state index < -0.39 is 35.8 Å². The fraction of sp³-hybridized carbons (Fsp3) is 0.467. The first-order valence-electron chi connectivity index (χ1n) is 13.7. The van der Waals surface area contributed by atoms with E-state index in [0.29, 0.717) is 28.5 Å². The molecule has 0 saturated carbocycles. The van der Waals surface area contributed by atoms with E-state index in [1.165, 1.54) is 29.5 Å². The number of hydrogen-bond donors (Lipinski definition) is 1. The monoisotopic (exact) mass is 622 g/mol. The molecule has 0 saturated heterocycles. The summed E-state index contributed by atoms with van der Waals surface area (Å²) in [5, 5.41) is 12.1. The molecule has 1 aromatic heterocycles. The summed E-state index contributed by atoms with van der Waals surface area (Å²) in [5.41, 5.74) is 0.789. The van der Waals surface area contributed by atoms with Gasteiger partial charge >= 0.3 is 18.5 Å². The molecular weight excluding hydrogens is 585 g/mol. The van der Waals surface area contributed by atoms with E-state index in [-0.39, 0.29) is 12.3 Å². The maximum atomic E-state index is 13.2. The Morgan fingerprint density at radius 2 is 1.56 bits per heavy atom. The molecule has 234 valence electrons. The fourth-order valence-electron chi connectivity index (χ4n) is 3.95. The van der Waals surface area contributed by atoms with Crippen molar-refractivity contribution in [3.63, 3.8) is 0 Å². The standard InChI is InChI=1S/C30H37F3N4O5S/c1-8-37(27(39)42-29(5,6)7)23(16-19-12-14-20(15-13-19)18-34-26(38)41-28(2,3)4)25-36-35-24(43-25)21-10-9-11-22(17-21)40-30(31,32)33/h9-15,17,23H,8,16,18H2,1-7H3,(H,34,38)/t23-/m0/s1. The van der Waals surface area contributed by atoms with Gasteiger partial charge in [0.05, 0.1) is 6.04 Å². The van der Waals surface area contributed by atoms with E-state index in [0.717, 1.165) is 11.1 Å². The van der Waals surface area contributed by atoms with Gasteiger partial charge in [0.15, 0.2) is 0 Å². The summed E-state index contributed by atoms with van der Waals surface area (Å²) in [7, 11) is 0. The van der Waals surface area contributed by atoms with Gasteiger partial charge in [-0.05, 0) is 78.1 Å². The van der Waals surface area contributed by atoms with Crippen molar-refractivity contribution >= 4 is 23.5 Å².